The van der Waals surface area contributed by atoms with Crippen molar-refractivity contribution in [1.82, 2.24) is 14.9 Å². The number of nitrogens with zero attached hydrogens (tertiary/aromatic N) is 1. The first kappa shape index (κ1) is 19.4. The first-order valence-electron chi connectivity index (χ1n) is 8.96. The average molecular weight is 366 g/mol. The van der Waals surface area contributed by atoms with E-state index < -0.39 is 10.0 Å². The van der Waals surface area contributed by atoms with Crippen molar-refractivity contribution in [3.8, 4) is 0 Å². The fourth-order valence-electron chi connectivity index (χ4n) is 4.64. The van der Waals surface area contributed by atoms with Crippen molar-refractivity contribution in [2.75, 3.05) is 38.5 Å². The van der Waals surface area contributed by atoms with Gasteiger partial charge in [-0.15, -0.1) is 12.4 Å². The highest BCUT2D eigenvalue weighted by Crippen LogP contribution is 2.46. The van der Waals surface area contributed by atoms with Crippen molar-refractivity contribution in [3.63, 3.8) is 0 Å². The summed E-state index contributed by atoms with van der Waals surface area (Å²) in [5, 5.41) is 3.45. The lowest BCUT2D eigenvalue weighted by molar-refractivity contribution is 0.0818. The van der Waals surface area contributed by atoms with Gasteiger partial charge >= 0.3 is 0 Å². The molecule has 0 amide bonds. The van der Waals surface area contributed by atoms with Crippen LogP contribution in [-0.4, -0.2) is 57.8 Å². The molecular formula is C16H32ClN3O2S. The van der Waals surface area contributed by atoms with E-state index in [1.807, 2.05) is 0 Å². The van der Waals surface area contributed by atoms with Crippen LogP contribution in [0.5, 0.6) is 0 Å². The van der Waals surface area contributed by atoms with Crippen LogP contribution < -0.4 is 10.0 Å². The smallest absolute Gasteiger partial charge is 0.211 e. The Bertz CT molecular complexity index is 472. The Morgan fingerprint density at radius 1 is 1.22 bits per heavy atom. The molecule has 1 spiro atoms. The molecule has 2 aliphatic heterocycles. The third-order valence-corrected chi connectivity index (χ3v) is 7.54. The molecule has 7 heteroatoms. The first-order valence-corrected chi connectivity index (χ1v) is 10.6. The van der Waals surface area contributed by atoms with E-state index in [0.717, 1.165) is 38.3 Å². The molecule has 136 valence electrons. The lowest BCUT2D eigenvalue weighted by atomic mass is 9.74. The zero-order chi connectivity index (χ0) is 15.6. The molecule has 1 aliphatic carbocycles. The second-order valence-electron chi connectivity index (χ2n) is 7.49. The molecule has 2 atom stereocenters. The number of piperidine rings is 1. The minimum Gasteiger partial charge on any atom is -0.316 e. The lowest BCUT2D eigenvalue weighted by Crippen LogP contribution is -2.51. The van der Waals surface area contributed by atoms with E-state index in [2.05, 4.69) is 14.9 Å². The predicted molar refractivity (Wildman–Crippen MR) is 96.6 cm³/mol. The van der Waals surface area contributed by atoms with Gasteiger partial charge in [0, 0.05) is 12.6 Å². The highest BCUT2D eigenvalue weighted by Gasteiger charge is 2.45. The summed E-state index contributed by atoms with van der Waals surface area (Å²) in [6.45, 7) is 7.56. The van der Waals surface area contributed by atoms with E-state index in [4.69, 9.17) is 0 Å². The number of hydrogen-bond donors (Lipinski definition) is 2. The van der Waals surface area contributed by atoms with E-state index >= 15 is 0 Å². The van der Waals surface area contributed by atoms with E-state index in [1.165, 1.54) is 38.9 Å². The largest absolute Gasteiger partial charge is 0.316 e. The number of nitrogens with one attached hydrogen (secondary N) is 2. The Hall–Kier alpha value is 0.120. The zero-order valence-electron chi connectivity index (χ0n) is 14.2. The lowest BCUT2D eigenvalue weighted by Gasteiger charge is -2.43. The van der Waals surface area contributed by atoms with Gasteiger partial charge in [-0.05, 0) is 76.5 Å². The maximum Gasteiger partial charge on any atom is 0.211 e. The third-order valence-electron chi connectivity index (χ3n) is 6.14. The molecule has 1 saturated carbocycles. The standard InChI is InChI=1S/C16H31N3O2S.ClH/c1-2-22(20,21)18-15-4-3-6-16(15)7-10-19(11-8-16)13-14-5-9-17-12-14;/h14-15,17-18H,2-13H2,1H3;1H/t14-,15+;/m1./s1. The van der Waals surface area contributed by atoms with E-state index in [9.17, 15) is 8.42 Å². The van der Waals surface area contributed by atoms with Crippen LogP contribution >= 0.6 is 12.4 Å². The molecule has 23 heavy (non-hydrogen) atoms. The molecule has 0 aromatic heterocycles. The van der Waals surface area contributed by atoms with Gasteiger partial charge in [0.2, 0.25) is 10.0 Å². The molecule has 0 aromatic rings. The number of likely N-dealkylation sites (tertiary alicyclic amines) is 1. The predicted octanol–water partition coefficient (Wildman–Crippen LogP) is 1.59. The van der Waals surface area contributed by atoms with Crippen molar-refractivity contribution in [2.45, 2.75) is 51.5 Å². The summed E-state index contributed by atoms with van der Waals surface area (Å²) in [6, 6.07) is 0.174. The Morgan fingerprint density at radius 2 is 1.96 bits per heavy atom. The van der Waals surface area contributed by atoms with Crippen LogP contribution in [0, 0.1) is 11.3 Å². The molecule has 3 fully saturated rings. The maximum absolute atomic E-state index is 11.9. The zero-order valence-corrected chi connectivity index (χ0v) is 15.9. The molecule has 3 aliphatic rings. The van der Waals surface area contributed by atoms with Crippen LogP contribution in [0.3, 0.4) is 0 Å². The van der Waals surface area contributed by atoms with Crippen LogP contribution in [0.25, 0.3) is 0 Å². The second kappa shape index (κ2) is 8.00. The molecule has 2 saturated heterocycles. The Labute approximate surface area is 147 Å². The fraction of sp³-hybridized carbons (Fsp3) is 1.00. The topological polar surface area (TPSA) is 61.4 Å². The summed E-state index contributed by atoms with van der Waals surface area (Å²) >= 11 is 0. The number of halogens is 1. The van der Waals surface area contributed by atoms with Crippen molar-refractivity contribution >= 4 is 22.4 Å². The van der Waals surface area contributed by atoms with E-state index in [-0.39, 0.29) is 29.6 Å². The minimum absolute atomic E-state index is 0. The van der Waals surface area contributed by atoms with Gasteiger partial charge < -0.3 is 10.2 Å². The van der Waals surface area contributed by atoms with Crippen LogP contribution in [0.4, 0.5) is 0 Å². The highest BCUT2D eigenvalue weighted by atomic mass is 35.5. The quantitative estimate of drug-likeness (QED) is 0.776. The van der Waals surface area contributed by atoms with Gasteiger partial charge in [-0.3, -0.25) is 0 Å². The molecule has 3 rings (SSSR count). The summed E-state index contributed by atoms with van der Waals surface area (Å²) in [7, 11) is -3.08. The van der Waals surface area contributed by atoms with Gasteiger partial charge in [-0.1, -0.05) is 6.42 Å². The maximum atomic E-state index is 11.9. The van der Waals surface area contributed by atoms with Gasteiger partial charge in [0.25, 0.3) is 0 Å². The van der Waals surface area contributed by atoms with E-state index in [0.29, 0.717) is 0 Å². The Kier molecular flexibility index (Phi) is 6.76. The van der Waals surface area contributed by atoms with Gasteiger partial charge in [0.15, 0.2) is 0 Å². The summed E-state index contributed by atoms with van der Waals surface area (Å²) in [4.78, 5) is 2.60. The van der Waals surface area contributed by atoms with Gasteiger partial charge in [-0.25, -0.2) is 13.1 Å². The highest BCUT2D eigenvalue weighted by molar-refractivity contribution is 7.89. The first-order chi connectivity index (χ1) is 10.5. The van der Waals surface area contributed by atoms with Crippen LogP contribution in [0.2, 0.25) is 0 Å². The van der Waals surface area contributed by atoms with Gasteiger partial charge in [-0.2, -0.15) is 0 Å². The molecule has 0 unspecified atom stereocenters. The minimum atomic E-state index is -3.08. The van der Waals surface area contributed by atoms with Crippen LogP contribution in [0.15, 0.2) is 0 Å². The average Bonchev–Trinajstić information content (AvgIpc) is 3.13. The van der Waals surface area contributed by atoms with Crippen molar-refractivity contribution in [2.24, 2.45) is 11.3 Å². The summed E-state index contributed by atoms with van der Waals surface area (Å²) in [6.07, 6.45) is 7.01. The van der Waals surface area contributed by atoms with Crippen LogP contribution in [0.1, 0.15) is 45.4 Å². The van der Waals surface area contributed by atoms with Gasteiger partial charge in [0.1, 0.15) is 0 Å². The summed E-state index contributed by atoms with van der Waals surface area (Å²) < 4.78 is 26.9. The number of sulfonamides is 1. The summed E-state index contributed by atoms with van der Waals surface area (Å²) in [5.41, 5.74) is 0.229. The Balaban J connectivity index is 0.00000192. The molecule has 2 N–H and O–H groups in total. The van der Waals surface area contributed by atoms with Crippen molar-refractivity contribution in [1.29, 1.82) is 0 Å². The van der Waals surface area contributed by atoms with Crippen molar-refractivity contribution < 1.29 is 8.42 Å². The molecule has 5 nitrogen and oxygen atoms in total. The molecule has 2 heterocycles. The van der Waals surface area contributed by atoms with E-state index in [1.54, 1.807) is 6.92 Å². The third kappa shape index (κ3) is 4.60. The summed E-state index contributed by atoms with van der Waals surface area (Å²) in [5.74, 6) is 1.01. The SMILES string of the molecule is CCS(=O)(=O)N[C@H]1CCCC12CCN(C[C@@H]1CCNC1)CC2.Cl. The van der Waals surface area contributed by atoms with Gasteiger partial charge in [0.05, 0.1) is 5.75 Å². The Morgan fingerprint density at radius 3 is 2.57 bits per heavy atom. The van der Waals surface area contributed by atoms with Crippen molar-refractivity contribution in [3.05, 3.63) is 0 Å². The fourth-order valence-corrected chi connectivity index (χ4v) is 5.61. The van der Waals surface area contributed by atoms with Crippen LogP contribution in [-0.2, 0) is 10.0 Å². The molecule has 0 radical (unpaired) electrons. The second-order valence-corrected chi connectivity index (χ2v) is 9.53. The molecule has 0 bridgehead atoms. The number of hydrogen-bond acceptors (Lipinski definition) is 4. The monoisotopic (exact) mass is 365 g/mol. The number of rotatable bonds is 5. The molecule has 0 aromatic carbocycles. The normalized spacial score (nSPS) is 31.3. The molecular weight excluding hydrogens is 334 g/mol.